The summed E-state index contributed by atoms with van der Waals surface area (Å²) in [6, 6.07) is 4.15. The van der Waals surface area contributed by atoms with Gasteiger partial charge in [0.05, 0.1) is 18.7 Å². The minimum atomic E-state index is -0.421. The molecule has 0 bridgehead atoms. The highest BCUT2D eigenvalue weighted by atomic mass is 35.5. The van der Waals surface area contributed by atoms with Crippen molar-refractivity contribution in [3.63, 3.8) is 0 Å². The first-order valence-corrected chi connectivity index (χ1v) is 10.3. The van der Waals surface area contributed by atoms with Crippen molar-refractivity contribution in [3.8, 4) is 0 Å². The number of likely N-dealkylation sites (tertiary alicyclic amines) is 1. The average Bonchev–Trinajstić information content (AvgIpc) is 3.20. The Morgan fingerprint density at radius 3 is 2.70 bits per heavy atom. The first-order chi connectivity index (χ1) is 14.3. The summed E-state index contributed by atoms with van der Waals surface area (Å²) in [5, 5.41) is 11.2. The normalized spacial score (nSPS) is 14.9. The largest absolute Gasteiger partial charge is 0.349 e. The van der Waals surface area contributed by atoms with E-state index in [1.807, 2.05) is 19.0 Å². The number of nitrogens with zero attached hydrogens (tertiary/aromatic N) is 5. The third-order valence-electron chi connectivity index (χ3n) is 5.14. The number of halogens is 2. The Kier molecular flexibility index (Phi) is 7.38. The number of benzene rings is 1. The van der Waals surface area contributed by atoms with E-state index in [1.165, 1.54) is 12.1 Å². The molecule has 0 spiro atoms. The fraction of sp³-hybridized carbons (Fsp3) is 0.500. The van der Waals surface area contributed by atoms with Gasteiger partial charge < -0.3 is 15.1 Å². The standard InChI is InChI=1S/C20H26ClFN6O2/c1-26(2)10-7-23-20(30)18-13-28(25-24-18)16-5-8-27(9-6-16)19(29)11-14-3-4-15(22)12-17(14)21/h3-4,12-13,16H,5-11H2,1-2H3,(H,23,30). The predicted octanol–water partition coefficient (Wildman–Crippen LogP) is 1.77. The van der Waals surface area contributed by atoms with Crippen LogP contribution >= 0.6 is 11.6 Å². The second kappa shape index (κ2) is 9.99. The molecule has 1 aliphatic heterocycles. The molecular weight excluding hydrogens is 411 g/mol. The molecule has 0 radical (unpaired) electrons. The van der Waals surface area contributed by atoms with Crippen LogP contribution in [-0.4, -0.2) is 76.9 Å². The van der Waals surface area contributed by atoms with Crippen molar-refractivity contribution in [1.29, 1.82) is 0 Å². The van der Waals surface area contributed by atoms with Gasteiger partial charge in [-0.1, -0.05) is 22.9 Å². The van der Waals surface area contributed by atoms with Crippen molar-refractivity contribution < 1.29 is 14.0 Å². The van der Waals surface area contributed by atoms with Gasteiger partial charge in [0.15, 0.2) is 5.69 Å². The molecule has 10 heteroatoms. The van der Waals surface area contributed by atoms with Crippen LogP contribution in [0.2, 0.25) is 5.02 Å². The smallest absolute Gasteiger partial charge is 0.273 e. The molecule has 3 rings (SSSR count). The topological polar surface area (TPSA) is 83.4 Å². The summed E-state index contributed by atoms with van der Waals surface area (Å²) in [6.07, 6.45) is 3.23. The Morgan fingerprint density at radius 1 is 1.30 bits per heavy atom. The Labute approximate surface area is 180 Å². The Morgan fingerprint density at radius 2 is 2.03 bits per heavy atom. The molecule has 0 unspecified atom stereocenters. The van der Waals surface area contributed by atoms with E-state index in [0.29, 0.717) is 43.7 Å². The van der Waals surface area contributed by atoms with Crippen LogP contribution in [0, 0.1) is 5.82 Å². The maximum atomic E-state index is 13.2. The number of carbonyl (C=O) groups excluding carboxylic acids is 2. The molecule has 1 fully saturated rings. The molecule has 0 aliphatic carbocycles. The van der Waals surface area contributed by atoms with E-state index in [2.05, 4.69) is 15.6 Å². The molecule has 2 amide bonds. The highest BCUT2D eigenvalue weighted by Crippen LogP contribution is 2.24. The third-order valence-corrected chi connectivity index (χ3v) is 5.49. The Bertz CT molecular complexity index is 895. The van der Waals surface area contributed by atoms with Gasteiger partial charge in [-0.2, -0.15) is 0 Å². The Balaban J connectivity index is 1.50. The first-order valence-electron chi connectivity index (χ1n) is 9.90. The number of likely N-dealkylation sites (N-methyl/N-ethyl adjacent to an activating group) is 1. The second-order valence-corrected chi connectivity index (χ2v) is 8.07. The lowest BCUT2D eigenvalue weighted by molar-refractivity contribution is -0.131. The van der Waals surface area contributed by atoms with Crippen molar-refractivity contribution in [3.05, 3.63) is 46.5 Å². The van der Waals surface area contributed by atoms with E-state index in [0.717, 1.165) is 6.54 Å². The molecular formula is C20H26ClFN6O2. The maximum absolute atomic E-state index is 13.2. The molecule has 2 heterocycles. The van der Waals surface area contributed by atoms with Crippen molar-refractivity contribution in [2.45, 2.75) is 25.3 Å². The van der Waals surface area contributed by atoms with Gasteiger partial charge in [0, 0.05) is 31.2 Å². The van der Waals surface area contributed by atoms with E-state index in [1.54, 1.807) is 21.8 Å². The number of aromatic nitrogens is 3. The first kappa shape index (κ1) is 22.2. The van der Waals surface area contributed by atoms with E-state index < -0.39 is 5.82 Å². The van der Waals surface area contributed by atoms with Crippen LogP contribution in [0.25, 0.3) is 0 Å². The van der Waals surface area contributed by atoms with Crippen LogP contribution in [0.3, 0.4) is 0 Å². The third kappa shape index (κ3) is 5.76. The number of hydrogen-bond acceptors (Lipinski definition) is 5. The van der Waals surface area contributed by atoms with Gasteiger partial charge in [-0.05, 0) is 44.6 Å². The molecule has 1 aliphatic rings. The zero-order chi connectivity index (χ0) is 21.7. The van der Waals surface area contributed by atoms with Gasteiger partial charge in [-0.25, -0.2) is 9.07 Å². The second-order valence-electron chi connectivity index (χ2n) is 7.67. The molecule has 1 aromatic heterocycles. The Hall–Kier alpha value is -2.52. The summed E-state index contributed by atoms with van der Waals surface area (Å²) in [5.41, 5.74) is 0.907. The lowest BCUT2D eigenvalue weighted by atomic mass is 10.0. The predicted molar refractivity (Wildman–Crippen MR) is 111 cm³/mol. The van der Waals surface area contributed by atoms with Gasteiger partial charge in [-0.15, -0.1) is 5.10 Å². The van der Waals surface area contributed by atoms with Gasteiger partial charge in [0.1, 0.15) is 5.82 Å². The van der Waals surface area contributed by atoms with Crippen LogP contribution in [0.15, 0.2) is 24.4 Å². The zero-order valence-corrected chi connectivity index (χ0v) is 17.9. The molecule has 162 valence electrons. The van der Waals surface area contributed by atoms with E-state index in [9.17, 15) is 14.0 Å². The lowest BCUT2D eigenvalue weighted by Crippen LogP contribution is -2.40. The molecule has 1 N–H and O–H groups in total. The van der Waals surface area contributed by atoms with Crippen molar-refractivity contribution in [2.24, 2.45) is 0 Å². The SMILES string of the molecule is CN(C)CCNC(=O)c1cn(C2CCN(C(=O)Cc3ccc(F)cc3Cl)CC2)nn1. The summed E-state index contributed by atoms with van der Waals surface area (Å²) < 4.78 is 14.9. The van der Waals surface area contributed by atoms with E-state index in [-0.39, 0.29) is 29.3 Å². The highest BCUT2D eigenvalue weighted by Gasteiger charge is 2.25. The molecule has 0 atom stereocenters. The summed E-state index contributed by atoms with van der Waals surface area (Å²) in [6.45, 7) is 2.44. The number of rotatable bonds is 7. The van der Waals surface area contributed by atoms with E-state index in [4.69, 9.17) is 11.6 Å². The number of nitrogens with one attached hydrogen (secondary N) is 1. The average molecular weight is 437 g/mol. The van der Waals surface area contributed by atoms with Crippen LogP contribution < -0.4 is 5.32 Å². The van der Waals surface area contributed by atoms with Crippen molar-refractivity contribution in [1.82, 2.24) is 30.1 Å². The summed E-state index contributed by atoms with van der Waals surface area (Å²) in [7, 11) is 3.88. The van der Waals surface area contributed by atoms with Crippen LogP contribution in [0.4, 0.5) is 4.39 Å². The number of carbonyl (C=O) groups is 2. The van der Waals surface area contributed by atoms with Gasteiger partial charge in [0.25, 0.3) is 5.91 Å². The molecule has 1 saturated heterocycles. The zero-order valence-electron chi connectivity index (χ0n) is 17.1. The maximum Gasteiger partial charge on any atom is 0.273 e. The quantitative estimate of drug-likeness (QED) is 0.715. The highest BCUT2D eigenvalue weighted by molar-refractivity contribution is 6.31. The van der Waals surface area contributed by atoms with Crippen LogP contribution in [0.1, 0.15) is 34.9 Å². The molecule has 8 nitrogen and oxygen atoms in total. The summed E-state index contributed by atoms with van der Waals surface area (Å²) >= 11 is 6.03. The van der Waals surface area contributed by atoms with Gasteiger partial charge in [-0.3, -0.25) is 9.59 Å². The van der Waals surface area contributed by atoms with E-state index >= 15 is 0 Å². The fourth-order valence-electron chi connectivity index (χ4n) is 3.36. The van der Waals surface area contributed by atoms with Crippen molar-refractivity contribution >= 4 is 23.4 Å². The molecule has 2 aromatic rings. The molecule has 30 heavy (non-hydrogen) atoms. The van der Waals surface area contributed by atoms with Crippen molar-refractivity contribution in [2.75, 3.05) is 40.3 Å². The number of hydrogen-bond donors (Lipinski definition) is 1. The number of piperidine rings is 1. The summed E-state index contributed by atoms with van der Waals surface area (Å²) in [4.78, 5) is 28.5. The van der Waals surface area contributed by atoms with Gasteiger partial charge in [0.2, 0.25) is 5.91 Å². The fourth-order valence-corrected chi connectivity index (χ4v) is 3.60. The van der Waals surface area contributed by atoms with Gasteiger partial charge >= 0.3 is 0 Å². The molecule has 1 aromatic carbocycles. The minimum Gasteiger partial charge on any atom is -0.349 e. The monoisotopic (exact) mass is 436 g/mol. The minimum absolute atomic E-state index is 0.0403. The summed E-state index contributed by atoms with van der Waals surface area (Å²) in [5.74, 6) is -0.705. The van der Waals surface area contributed by atoms with Crippen LogP contribution in [0.5, 0.6) is 0 Å². The lowest BCUT2D eigenvalue weighted by Gasteiger charge is -2.32. The van der Waals surface area contributed by atoms with Crippen LogP contribution in [-0.2, 0) is 11.2 Å². The molecule has 0 saturated carbocycles. The number of amides is 2.